The van der Waals surface area contributed by atoms with E-state index in [4.69, 9.17) is 0 Å². The third-order valence-electron chi connectivity index (χ3n) is 7.99. The van der Waals surface area contributed by atoms with E-state index in [-0.39, 0.29) is 8.41 Å². The van der Waals surface area contributed by atoms with Crippen LogP contribution in [-0.4, -0.2) is 15.7 Å². The molecule has 0 amide bonds. The molecule has 0 aromatic heterocycles. The molecule has 0 aromatic rings. The summed E-state index contributed by atoms with van der Waals surface area (Å²) in [5, 5.41) is 0. The van der Waals surface area contributed by atoms with Crippen molar-refractivity contribution in [1.82, 2.24) is 0 Å². The maximum atomic E-state index is 2.33. The topological polar surface area (TPSA) is 0 Å². The standard InChI is InChI=1S/C26H51B.BH3/c1-3-5-7-9-11-13-15-18-23-22-24-19-17-21-26(27-24)25(23)20-16-14-12-10-8-6-4-2;/h23-27H,3-22H2,1-2H3;1H3/t23?,24?,25-,26?;/m1./s1. The van der Waals surface area contributed by atoms with Gasteiger partial charge in [-0.15, -0.1) is 0 Å². The van der Waals surface area contributed by atoms with Crippen molar-refractivity contribution in [2.75, 3.05) is 0 Å². The molecule has 0 saturated carbocycles. The molecule has 0 aromatic carbocycles. The number of fused-ring (bicyclic) bond motifs is 2. The van der Waals surface area contributed by atoms with Crippen LogP contribution in [0.1, 0.15) is 142 Å². The van der Waals surface area contributed by atoms with Crippen molar-refractivity contribution in [2.24, 2.45) is 11.8 Å². The third kappa shape index (κ3) is 10.2. The van der Waals surface area contributed by atoms with E-state index in [2.05, 4.69) is 13.8 Å². The van der Waals surface area contributed by atoms with Gasteiger partial charge in [0.25, 0.3) is 0 Å². The van der Waals surface area contributed by atoms with Crippen molar-refractivity contribution in [3.8, 4) is 0 Å². The lowest BCUT2D eigenvalue weighted by molar-refractivity contribution is 0.201. The van der Waals surface area contributed by atoms with Crippen molar-refractivity contribution >= 4 is 15.7 Å². The molecule has 0 nitrogen and oxygen atoms in total. The number of unbranched alkanes of at least 4 members (excludes halogenated alkanes) is 12. The summed E-state index contributed by atoms with van der Waals surface area (Å²) < 4.78 is 0. The van der Waals surface area contributed by atoms with Gasteiger partial charge in [-0.3, -0.25) is 0 Å². The van der Waals surface area contributed by atoms with E-state index < -0.39 is 0 Å². The SMILES string of the molecule is B.CCCCCCCCCC1CC2BC(CCC2)[C@@H]1CCCCCCCCC. The normalized spacial score (nSPS) is 26.5. The van der Waals surface area contributed by atoms with Gasteiger partial charge >= 0.3 is 0 Å². The van der Waals surface area contributed by atoms with Crippen LogP contribution in [0.5, 0.6) is 0 Å². The Morgan fingerprint density at radius 2 is 1.18 bits per heavy atom. The molecule has 2 aliphatic heterocycles. The molecular formula is C26H54B2. The molecule has 2 aliphatic rings. The van der Waals surface area contributed by atoms with E-state index in [9.17, 15) is 0 Å². The first-order chi connectivity index (χ1) is 13.3. The first-order valence-electron chi connectivity index (χ1n) is 13.3. The molecule has 2 fully saturated rings. The number of hydrogen-bond donors (Lipinski definition) is 0. The van der Waals surface area contributed by atoms with Crippen LogP contribution in [0.3, 0.4) is 0 Å². The van der Waals surface area contributed by atoms with Crippen LogP contribution < -0.4 is 0 Å². The van der Waals surface area contributed by atoms with Crippen LogP contribution in [0.4, 0.5) is 0 Å². The maximum absolute atomic E-state index is 2.33. The Labute approximate surface area is 181 Å². The zero-order valence-corrected chi connectivity index (χ0v) is 19.2. The molecule has 2 rings (SSSR count). The molecule has 164 valence electrons. The van der Waals surface area contributed by atoms with E-state index in [1.165, 1.54) is 89.9 Å². The molecule has 0 aliphatic carbocycles. The van der Waals surface area contributed by atoms with E-state index in [0.29, 0.717) is 0 Å². The lowest BCUT2D eigenvalue weighted by atomic mass is 9.38. The van der Waals surface area contributed by atoms with Crippen LogP contribution in [0.25, 0.3) is 0 Å². The van der Waals surface area contributed by atoms with E-state index in [0.717, 1.165) is 23.5 Å². The fourth-order valence-corrected chi connectivity index (χ4v) is 6.43. The minimum absolute atomic E-state index is 0. The summed E-state index contributed by atoms with van der Waals surface area (Å²) in [4.78, 5) is 0. The molecule has 0 N–H and O–H groups in total. The molecule has 2 saturated heterocycles. The van der Waals surface area contributed by atoms with Crippen molar-refractivity contribution in [2.45, 2.75) is 154 Å². The summed E-state index contributed by atoms with van der Waals surface area (Å²) in [5.74, 6) is 4.44. The molecule has 28 heavy (non-hydrogen) atoms. The van der Waals surface area contributed by atoms with Gasteiger partial charge in [0.2, 0.25) is 0 Å². The van der Waals surface area contributed by atoms with E-state index in [1.54, 1.807) is 45.8 Å². The van der Waals surface area contributed by atoms with Gasteiger partial charge in [0.15, 0.2) is 0 Å². The lowest BCUT2D eigenvalue weighted by Crippen LogP contribution is -2.35. The molecule has 3 unspecified atom stereocenters. The second kappa shape index (κ2) is 16.9. The Kier molecular flexibility index (Phi) is 15.8. The molecule has 2 heterocycles. The average Bonchev–Trinajstić information content (AvgIpc) is 2.68. The number of hydrogen-bond acceptors (Lipinski definition) is 0. The Morgan fingerprint density at radius 1 is 0.643 bits per heavy atom. The molecule has 0 radical (unpaired) electrons. The fourth-order valence-electron chi connectivity index (χ4n) is 6.43. The van der Waals surface area contributed by atoms with Crippen LogP contribution >= 0.6 is 0 Å². The second-order valence-electron chi connectivity index (χ2n) is 10.3. The van der Waals surface area contributed by atoms with Crippen molar-refractivity contribution < 1.29 is 0 Å². The highest BCUT2D eigenvalue weighted by atomic mass is 14.4. The first-order valence-corrected chi connectivity index (χ1v) is 13.3. The van der Waals surface area contributed by atoms with Gasteiger partial charge < -0.3 is 0 Å². The Bertz CT molecular complexity index is 343. The Morgan fingerprint density at radius 3 is 1.79 bits per heavy atom. The van der Waals surface area contributed by atoms with Gasteiger partial charge in [0.1, 0.15) is 7.28 Å². The van der Waals surface area contributed by atoms with Gasteiger partial charge in [-0.05, 0) is 11.8 Å². The van der Waals surface area contributed by atoms with Crippen molar-refractivity contribution in [3.63, 3.8) is 0 Å². The summed E-state index contributed by atoms with van der Waals surface area (Å²) in [5.41, 5.74) is 0. The summed E-state index contributed by atoms with van der Waals surface area (Å²) in [6.07, 6.45) is 30.1. The molecular weight excluding hydrogens is 334 g/mol. The van der Waals surface area contributed by atoms with Gasteiger partial charge in [-0.1, -0.05) is 154 Å². The van der Waals surface area contributed by atoms with Crippen LogP contribution in [0.15, 0.2) is 0 Å². The van der Waals surface area contributed by atoms with Crippen LogP contribution in [0.2, 0.25) is 11.6 Å². The van der Waals surface area contributed by atoms with Crippen molar-refractivity contribution in [1.29, 1.82) is 0 Å². The summed E-state index contributed by atoms with van der Waals surface area (Å²) >= 11 is 0. The largest absolute Gasteiger partial charge is 0.127 e. The predicted octanol–water partition coefficient (Wildman–Crippen LogP) is 7.92. The second-order valence-corrected chi connectivity index (χ2v) is 10.3. The quantitative estimate of drug-likeness (QED) is 0.186. The predicted molar refractivity (Wildman–Crippen MR) is 135 cm³/mol. The highest BCUT2D eigenvalue weighted by Gasteiger charge is 2.39. The van der Waals surface area contributed by atoms with Crippen molar-refractivity contribution in [3.05, 3.63) is 0 Å². The average molecular weight is 388 g/mol. The van der Waals surface area contributed by atoms with E-state index in [1.807, 2.05) is 0 Å². The molecule has 4 atom stereocenters. The third-order valence-corrected chi connectivity index (χ3v) is 7.99. The summed E-state index contributed by atoms with van der Waals surface area (Å²) in [7, 11) is 1.61. The highest BCUT2D eigenvalue weighted by Crippen LogP contribution is 2.51. The van der Waals surface area contributed by atoms with Gasteiger partial charge in [0, 0.05) is 0 Å². The summed E-state index contributed by atoms with van der Waals surface area (Å²) in [6.45, 7) is 4.65. The fraction of sp³-hybridized carbons (Fsp3) is 1.00. The zero-order chi connectivity index (χ0) is 19.2. The summed E-state index contributed by atoms with van der Waals surface area (Å²) in [6, 6.07) is 0. The monoisotopic (exact) mass is 388 g/mol. The number of rotatable bonds is 16. The van der Waals surface area contributed by atoms with Crippen LogP contribution in [-0.2, 0) is 0 Å². The zero-order valence-electron chi connectivity index (χ0n) is 19.2. The Hall–Kier alpha value is 0.130. The minimum Gasteiger partial charge on any atom is -0.0654 e. The van der Waals surface area contributed by atoms with Gasteiger partial charge in [-0.25, -0.2) is 0 Å². The first kappa shape index (κ1) is 26.2. The van der Waals surface area contributed by atoms with Crippen LogP contribution in [0, 0.1) is 11.8 Å². The molecule has 2 heteroatoms. The molecule has 2 bridgehead atoms. The molecule has 0 spiro atoms. The van der Waals surface area contributed by atoms with Gasteiger partial charge in [0.05, 0.1) is 8.41 Å². The highest BCUT2D eigenvalue weighted by molar-refractivity contribution is 6.40. The van der Waals surface area contributed by atoms with Gasteiger partial charge in [-0.2, -0.15) is 0 Å². The maximum Gasteiger partial charge on any atom is 0.127 e. The Balaban J connectivity index is 0.00000392. The minimum atomic E-state index is 0. The lowest BCUT2D eigenvalue weighted by Gasteiger charge is -2.45. The smallest absolute Gasteiger partial charge is 0.0654 e. The van der Waals surface area contributed by atoms with E-state index >= 15 is 0 Å².